The minimum atomic E-state index is -0.946. The Labute approximate surface area is 142 Å². The first kappa shape index (κ1) is 19.5. The molecule has 0 saturated carbocycles. The third kappa shape index (κ3) is 7.67. The highest BCUT2D eigenvalue weighted by Crippen LogP contribution is 2.28. The van der Waals surface area contributed by atoms with Gasteiger partial charge in [0.1, 0.15) is 0 Å². The molecule has 1 aromatic rings. The Morgan fingerprint density at radius 3 is 2.71 bits per heavy atom. The summed E-state index contributed by atoms with van der Waals surface area (Å²) >= 11 is 0. The first-order valence-corrected chi connectivity index (χ1v) is 8.05. The molecule has 0 heterocycles. The largest absolute Gasteiger partial charge is 0.493 e. The number of carbonyl (C=O) groups is 2. The zero-order chi connectivity index (χ0) is 17.8. The van der Waals surface area contributed by atoms with Crippen LogP contribution in [0.25, 0.3) is 6.08 Å². The number of benzene rings is 1. The van der Waals surface area contributed by atoms with Crippen LogP contribution in [-0.2, 0) is 9.59 Å². The topological polar surface area (TPSA) is 84.9 Å². The highest BCUT2D eigenvalue weighted by atomic mass is 16.5. The second-order valence-corrected chi connectivity index (χ2v) is 5.23. The molecule has 0 aliphatic carbocycles. The maximum absolute atomic E-state index is 11.6. The van der Waals surface area contributed by atoms with E-state index in [4.69, 9.17) is 14.6 Å². The number of hydrogen-bond donors (Lipinski definition) is 2. The van der Waals surface area contributed by atoms with Gasteiger partial charge in [0.2, 0.25) is 5.91 Å². The molecule has 0 atom stereocenters. The Bertz CT molecular complexity index is 569. The highest BCUT2D eigenvalue weighted by Gasteiger charge is 2.05. The standard InChI is InChI=1S/C18H25NO5/c1-3-4-5-12-24-15-8-6-14(13-16(15)23-2)7-9-17(20)19-11-10-18(21)22/h6-9,13H,3-5,10-12H2,1-2H3,(H,19,20)(H,21,22)/b9-7+. The summed E-state index contributed by atoms with van der Waals surface area (Å²) in [5.74, 6) is 0.00486. The molecule has 1 aromatic carbocycles. The van der Waals surface area contributed by atoms with Crippen LogP contribution in [0.1, 0.15) is 38.2 Å². The molecule has 24 heavy (non-hydrogen) atoms. The lowest BCUT2D eigenvalue weighted by atomic mass is 10.2. The number of amides is 1. The monoisotopic (exact) mass is 335 g/mol. The summed E-state index contributed by atoms with van der Waals surface area (Å²) in [5, 5.41) is 11.0. The number of ether oxygens (including phenoxy) is 2. The maximum atomic E-state index is 11.6. The minimum absolute atomic E-state index is 0.0997. The number of methoxy groups -OCH3 is 1. The van der Waals surface area contributed by atoms with Gasteiger partial charge in [0.25, 0.3) is 0 Å². The van der Waals surface area contributed by atoms with Crippen molar-refractivity contribution in [2.75, 3.05) is 20.3 Å². The van der Waals surface area contributed by atoms with Crippen LogP contribution in [0.15, 0.2) is 24.3 Å². The van der Waals surface area contributed by atoms with Gasteiger partial charge in [-0.3, -0.25) is 9.59 Å². The van der Waals surface area contributed by atoms with Gasteiger partial charge < -0.3 is 19.9 Å². The molecule has 0 fully saturated rings. The lowest BCUT2D eigenvalue weighted by Gasteiger charge is -2.11. The maximum Gasteiger partial charge on any atom is 0.305 e. The highest BCUT2D eigenvalue weighted by molar-refractivity contribution is 5.92. The van der Waals surface area contributed by atoms with E-state index in [0.29, 0.717) is 18.1 Å². The SMILES string of the molecule is CCCCCOc1ccc(/C=C/C(=O)NCCC(=O)O)cc1OC. The van der Waals surface area contributed by atoms with E-state index in [2.05, 4.69) is 12.2 Å². The van der Waals surface area contributed by atoms with E-state index in [-0.39, 0.29) is 18.9 Å². The summed E-state index contributed by atoms with van der Waals surface area (Å²) in [4.78, 5) is 22.0. The van der Waals surface area contributed by atoms with Crippen molar-refractivity contribution in [1.82, 2.24) is 5.32 Å². The third-order valence-corrected chi connectivity index (χ3v) is 3.26. The number of nitrogens with one attached hydrogen (secondary N) is 1. The van der Waals surface area contributed by atoms with Crippen molar-refractivity contribution in [3.8, 4) is 11.5 Å². The van der Waals surface area contributed by atoms with Gasteiger partial charge in [0, 0.05) is 12.6 Å². The van der Waals surface area contributed by atoms with Crippen molar-refractivity contribution in [3.63, 3.8) is 0 Å². The Kier molecular flexibility index (Phi) is 9.04. The normalized spacial score (nSPS) is 10.6. The molecule has 0 bridgehead atoms. The van der Waals surface area contributed by atoms with Crippen molar-refractivity contribution in [2.45, 2.75) is 32.6 Å². The molecule has 132 valence electrons. The number of carbonyl (C=O) groups excluding carboxylic acids is 1. The quantitative estimate of drug-likeness (QED) is 0.480. The Balaban J connectivity index is 2.58. The summed E-state index contributed by atoms with van der Waals surface area (Å²) in [6, 6.07) is 5.43. The lowest BCUT2D eigenvalue weighted by molar-refractivity contribution is -0.136. The Hall–Kier alpha value is -2.50. The minimum Gasteiger partial charge on any atom is -0.493 e. The van der Waals surface area contributed by atoms with Crippen LogP contribution in [0, 0.1) is 0 Å². The zero-order valence-electron chi connectivity index (χ0n) is 14.2. The smallest absolute Gasteiger partial charge is 0.305 e. The number of unbranched alkanes of at least 4 members (excludes halogenated alkanes) is 2. The number of hydrogen-bond acceptors (Lipinski definition) is 4. The lowest BCUT2D eigenvalue weighted by Crippen LogP contribution is -2.23. The van der Waals surface area contributed by atoms with Crippen LogP contribution < -0.4 is 14.8 Å². The van der Waals surface area contributed by atoms with Gasteiger partial charge in [0.05, 0.1) is 20.1 Å². The van der Waals surface area contributed by atoms with E-state index in [9.17, 15) is 9.59 Å². The first-order chi connectivity index (χ1) is 11.6. The molecular weight excluding hydrogens is 310 g/mol. The molecule has 0 aliphatic rings. The van der Waals surface area contributed by atoms with Crippen LogP contribution in [-0.4, -0.2) is 37.2 Å². The number of rotatable bonds is 11. The van der Waals surface area contributed by atoms with E-state index in [1.54, 1.807) is 19.3 Å². The molecule has 1 rings (SSSR count). The summed E-state index contributed by atoms with van der Waals surface area (Å²) in [6.45, 7) is 2.89. The van der Waals surface area contributed by atoms with Gasteiger partial charge in [0.15, 0.2) is 11.5 Å². The fourth-order valence-corrected chi connectivity index (χ4v) is 1.96. The molecule has 0 saturated heterocycles. The summed E-state index contributed by atoms with van der Waals surface area (Å²) < 4.78 is 11.0. The molecule has 6 heteroatoms. The van der Waals surface area contributed by atoms with E-state index in [1.807, 2.05) is 12.1 Å². The molecule has 0 radical (unpaired) electrons. The van der Waals surface area contributed by atoms with Gasteiger partial charge in [-0.2, -0.15) is 0 Å². The molecule has 1 amide bonds. The second-order valence-electron chi connectivity index (χ2n) is 5.23. The van der Waals surface area contributed by atoms with E-state index < -0.39 is 5.97 Å². The van der Waals surface area contributed by atoms with Crippen LogP contribution in [0.3, 0.4) is 0 Å². The summed E-state index contributed by atoms with van der Waals surface area (Å²) in [5.41, 5.74) is 0.793. The van der Waals surface area contributed by atoms with Crippen molar-refractivity contribution >= 4 is 18.0 Å². The fraction of sp³-hybridized carbons (Fsp3) is 0.444. The average molecular weight is 335 g/mol. The predicted molar refractivity (Wildman–Crippen MR) is 92.3 cm³/mol. The third-order valence-electron chi connectivity index (χ3n) is 3.26. The molecule has 0 unspecified atom stereocenters. The molecule has 2 N–H and O–H groups in total. The van der Waals surface area contributed by atoms with E-state index in [1.165, 1.54) is 6.08 Å². The number of carboxylic acid groups (broad SMARTS) is 1. The number of carboxylic acids is 1. The first-order valence-electron chi connectivity index (χ1n) is 8.05. The molecule has 0 aromatic heterocycles. The van der Waals surface area contributed by atoms with Crippen molar-refractivity contribution in [3.05, 3.63) is 29.8 Å². The zero-order valence-corrected chi connectivity index (χ0v) is 14.2. The van der Waals surface area contributed by atoms with Gasteiger partial charge in [-0.15, -0.1) is 0 Å². The van der Waals surface area contributed by atoms with Crippen molar-refractivity contribution in [1.29, 1.82) is 0 Å². The Morgan fingerprint density at radius 1 is 1.25 bits per heavy atom. The van der Waals surface area contributed by atoms with Crippen molar-refractivity contribution in [2.24, 2.45) is 0 Å². The van der Waals surface area contributed by atoms with Gasteiger partial charge in [-0.25, -0.2) is 0 Å². The van der Waals surface area contributed by atoms with Crippen LogP contribution in [0.4, 0.5) is 0 Å². The van der Waals surface area contributed by atoms with Gasteiger partial charge in [-0.1, -0.05) is 25.8 Å². The van der Waals surface area contributed by atoms with Crippen LogP contribution in [0.5, 0.6) is 11.5 Å². The number of aliphatic carboxylic acids is 1. The predicted octanol–water partition coefficient (Wildman–Crippen LogP) is 2.87. The molecule has 0 spiro atoms. The van der Waals surface area contributed by atoms with Crippen LogP contribution >= 0.6 is 0 Å². The summed E-state index contributed by atoms with van der Waals surface area (Å²) in [7, 11) is 1.57. The average Bonchev–Trinajstić information content (AvgIpc) is 2.57. The van der Waals surface area contributed by atoms with Gasteiger partial charge >= 0.3 is 5.97 Å². The Morgan fingerprint density at radius 2 is 2.04 bits per heavy atom. The van der Waals surface area contributed by atoms with E-state index >= 15 is 0 Å². The van der Waals surface area contributed by atoms with Crippen molar-refractivity contribution < 1.29 is 24.2 Å². The molecular formula is C18H25NO5. The van der Waals surface area contributed by atoms with E-state index in [0.717, 1.165) is 24.8 Å². The summed E-state index contributed by atoms with van der Waals surface area (Å²) in [6.07, 6.45) is 6.16. The van der Waals surface area contributed by atoms with Gasteiger partial charge in [-0.05, 0) is 30.2 Å². The van der Waals surface area contributed by atoms with Crippen LogP contribution in [0.2, 0.25) is 0 Å². The fourth-order valence-electron chi connectivity index (χ4n) is 1.96. The second kappa shape index (κ2) is 11.1. The molecule has 6 nitrogen and oxygen atoms in total. The molecule has 0 aliphatic heterocycles.